The number of nitrogens with zero attached hydrogens (tertiary/aromatic N) is 2. The Kier molecular flexibility index (Phi) is 5.73. The molecule has 0 saturated carbocycles. The van der Waals surface area contributed by atoms with E-state index in [0.29, 0.717) is 17.8 Å². The van der Waals surface area contributed by atoms with Crippen molar-refractivity contribution in [1.29, 1.82) is 0 Å². The van der Waals surface area contributed by atoms with Crippen LogP contribution in [0.1, 0.15) is 40.6 Å². The first-order chi connectivity index (χ1) is 13.4. The molecule has 5 nitrogen and oxygen atoms in total. The van der Waals surface area contributed by atoms with Crippen LogP contribution >= 0.6 is 0 Å². The molecule has 0 radical (unpaired) electrons. The minimum atomic E-state index is -2.88. The summed E-state index contributed by atoms with van der Waals surface area (Å²) in [4.78, 5) is 7.13. The van der Waals surface area contributed by atoms with Gasteiger partial charge in [0.15, 0.2) is 0 Å². The lowest BCUT2D eigenvalue weighted by atomic mass is 9.98. The van der Waals surface area contributed by atoms with E-state index in [0.717, 1.165) is 33.7 Å². The summed E-state index contributed by atoms with van der Waals surface area (Å²) in [6.07, 6.45) is 4.17. The van der Waals surface area contributed by atoms with Gasteiger partial charge in [0.1, 0.15) is 17.3 Å². The van der Waals surface area contributed by atoms with Crippen molar-refractivity contribution in [2.24, 2.45) is 4.99 Å². The number of nitrogens with one attached hydrogen (secondary N) is 1. The standard InChI is InChI=1S/C21H21F2N3O2/c1-12(19-13(2)26-28-14(19)3)9-17-16(11-25-20(17)24-4)10-15-7-5-6-8-18(15)27-21(22)23/h5-9,11,21,25H,4,10H2,1-3H3/b12-9+. The van der Waals surface area contributed by atoms with Crippen molar-refractivity contribution < 1.29 is 18.0 Å². The molecule has 1 aromatic carbocycles. The number of rotatable bonds is 7. The van der Waals surface area contributed by atoms with Gasteiger partial charge in [-0.15, -0.1) is 0 Å². The predicted octanol–water partition coefficient (Wildman–Crippen LogP) is 5.70. The maximum atomic E-state index is 12.7. The summed E-state index contributed by atoms with van der Waals surface area (Å²) >= 11 is 0. The summed E-state index contributed by atoms with van der Waals surface area (Å²) in [6.45, 7) is 6.43. The number of alkyl halides is 2. The van der Waals surface area contributed by atoms with Crippen molar-refractivity contribution in [3.05, 3.63) is 64.2 Å². The summed E-state index contributed by atoms with van der Waals surface area (Å²) in [5, 5.41) is 3.99. The predicted molar refractivity (Wildman–Crippen MR) is 105 cm³/mol. The lowest BCUT2D eigenvalue weighted by Gasteiger charge is -2.11. The number of aryl methyl sites for hydroxylation is 2. The fourth-order valence-corrected chi connectivity index (χ4v) is 3.30. The Balaban J connectivity index is 2.01. The van der Waals surface area contributed by atoms with Crippen LogP contribution < -0.4 is 4.74 Å². The van der Waals surface area contributed by atoms with Crippen molar-refractivity contribution in [3.8, 4) is 5.75 Å². The fraction of sp³-hybridized carbons (Fsp3) is 0.238. The van der Waals surface area contributed by atoms with Crippen LogP contribution in [0.2, 0.25) is 0 Å². The van der Waals surface area contributed by atoms with E-state index < -0.39 is 6.61 Å². The molecule has 1 N–H and O–H groups in total. The second-order valence-corrected chi connectivity index (χ2v) is 6.42. The molecular formula is C21H21F2N3O2. The van der Waals surface area contributed by atoms with E-state index in [1.165, 1.54) is 6.07 Å². The summed E-state index contributed by atoms with van der Waals surface area (Å²) in [6, 6.07) is 6.75. The number of hydrogen-bond acceptors (Lipinski definition) is 4. The molecule has 3 aromatic rings. The van der Waals surface area contributed by atoms with Crippen molar-refractivity contribution in [2.75, 3.05) is 0 Å². The molecule has 0 spiro atoms. The van der Waals surface area contributed by atoms with Gasteiger partial charge in [-0.25, -0.2) is 4.99 Å². The monoisotopic (exact) mass is 385 g/mol. The SMILES string of the molecule is C=Nc1[nH]cc(Cc2ccccc2OC(F)F)c1/C=C(\C)c1c(C)noc1C. The number of allylic oxidation sites excluding steroid dienone is 1. The largest absolute Gasteiger partial charge is 0.435 e. The third-order valence-electron chi connectivity index (χ3n) is 4.50. The highest BCUT2D eigenvalue weighted by Crippen LogP contribution is 2.32. The van der Waals surface area contributed by atoms with Gasteiger partial charge in [-0.05, 0) is 56.3 Å². The van der Waals surface area contributed by atoms with Crippen LogP contribution in [0.25, 0.3) is 11.6 Å². The Morgan fingerprint density at radius 3 is 2.71 bits per heavy atom. The van der Waals surface area contributed by atoms with Crippen LogP contribution in [0.5, 0.6) is 5.75 Å². The molecule has 146 valence electrons. The van der Waals surface area contributed by atoms with Crippen LogP contribution in [-0.2, 0) is 6.42 Å². The molecule has 0 aliphatic heterocycles. The Hall–Kier alpha value is -3.22. The molecule has 0 unspecified atom stereocenters. The third kappa shape index (κ3) is 4.03. The Morgan fingerprint density at radius 2 is 2.07 bits per heavy atom. The highest BCUT2D eigenvalue weighted by atomic mass is 19.3. The minimum absolute atomic E-state index is 0.157. The van der Waals surface area contributed by atoms with Crippen molar-refractivity contribution in [1.82, 2.24) is 10.1 Å². The first-order valence-electron chi connectivity index (χ1n) is 8.72. The fourth-order valence-electron chi connectivity index (χ4n) is 3.30. The molecule has 0 fully saturated rings. The van der Waals surface area contributed by atoms with Gasteiger partial charge in [0, 0.05) is 23.7 Å². The number of benzene rings is 1. The number of para-hydroxylation sites is 1. The first-order valence-corrected chi connectivity index (χ1v) is 8.72. The van der Waals surface area contributed by atoms with Gasteiger partial charge in [-0.2, -0.15) is 8.78 Å². The molecule has 7 heteroatoms. The molecular weight excluding hydrogens is 364 g/mol. The zero-order valence-electron chi connectivity index (χ0n) is 15.9. The maximum absolute atomic E-state index is 12.7. The number of halogens is 2. The molecule has 28 heavy (non-hydrogen) atoms. The van der Waals surface area contributed by atoms with E-state index in [-0.39, 0.29) is 5.75 Å². The van der Waals surface area contributed by atoms with Gasteiger partial charge in [0.25, 0.3) is 0 Å². The second kappa shape index (κ2) is 8.21. The normalized spacial score (nSPS) is 11.9. The molecule has 0 aliphatic rings. The molecule has 0 atom stereocenters. The summed E-state index contributed by atoms with van der Waals surface area (Å²) < 4.78 is 35.3. The molecule has 0 aliphatic carbocycles. The lowest BCUT2D eigenvalue weighted by molar-refractivity contribution is -0.0503. The Labute approximate surface area is 161 Å². The Bertz CT molecular complexity index is 999. The molecule has 2 aromatic heterocycles. The zero-order valence-corrected chi connectivity index (χ0v) is 15.9. The molecule has 3 rings (SSSR count). The molecule has 2 heterocycles. The first kappa shape index (κ1) is 19.5. The van der Waals surface area contributed by atoms with Crippen molar-refractivity contribution in [2.45, 2.75) is 33.8 Å². The minimum Gasteiger partial charge on any atom is -0.435 e. The van der Waals surface area contributed by atoms with Gasteiger partial charge in [-0.3, -0.25) is 0 Å². The third-order valence-corrected chi connectivity index (χ3v) is 4.50. The summed E-state index contributed by atoms with van der Waals surface area (Å²) in [7, 11) is 0. The number of hydrogen-bond donors (Lipinski definition) is 1. The molecule has 0 amide bonds. The molecule has 0 saturated heterocycles. The van der Waals surface area contributed by atoms with E-state index in [9.17, 15) is 8.78 Å². The zero-order chi connectivity index (χ0) is 20.3. The average Bonchev–Trinajstić information content (AvgIpc) is 3.19. The van der Waals surface area contributed by atoms with Gasteiger partial charge in [0.05, 0.1) is 5.69 Å². The second-order valence-electron chi connectivity index (χ2n) is 6.42. The van der Waals surface area contributed by atoms with Crippen LogP contribution in [-0.4, -0.2) is 23.5 Å². The number of H-pyrrole nitrogens is 1. The van der Waals surface area contributed by atoms with E-state index in [2.05, 4.69) is 26.6 Å². The smallest absolute Gasteiger partial charge is 0.387 e. The number of aliphatic imine (C=N–C) groups is 1. The van der Waals surface area contributed by atoms with Crippen LogP contribution in [0.3, 0.4) is 0 Å². The van der Waals surface area contributed by atoms with Gasteiger partial charge < -0.3 is 14.2 Å². The lowest BCUT2D eigenvalue weighted by Crippen LogP contribution is -2.04. The van der Waals surface area contributed by atoms with Crippen molar-refractivity contribution in [3.63, 3.8) is 0 Å². The maximum Gasteiger partial charge on any atom is 0.387 e. The van der Waals surface area contributed by atoms with E-state index in [1.807, 2.05) is 26.8 Å². The van der Waals surface area contributed by atoms with Crippen molar-refractivity contribution >= 4 is 24.2 Å². The van der Waals surface area contributed by atoms with E-state index in [4.69, 9.17) is 4.52 Å². The number of aromatic amines is 1. The van der Waals surface area contributed by atoms with Gasteiger partial charge in [0.2, 0.25) is 0 Å². The van der Waals surface area contributed by atoms with Crippen LogP contribution in [0.15, 0.2) is 40.0 Å². The highest BCUT2D eigenvalue weighted by molar-refractivity contribution is 5.85. The van der Waals surface area contributed by atoms with Crippen LogP contribution in [0, 0.1) is 13.8 Å². The van der Waals surface area contributed by atoms with Gasteiger partial charge in [-0.1, -0.05) is 23.4 Å². The summed E-state index contributed by atoms with van der Waals surface area (Å²) in [5.74, 6) is 1.49. The quantitative estimate of drug-likeness (QED) is 0.530. The molecule has 0 bridgehead atoms. The Morgan fingerprint density at radius 1 is 1.32 bits per heavy atom. The number of aromatic nitrogens is 2. The topological polar surface area (TPSA) is 63.4 Å². The average molecular weight is 385 g/mol. The van der Waals surface area contributed by atoms with Gasteiger partial charge >= 0.3 is 6.61 Å². The van der Waals surface area contributed by atoms with Crippen LogP contribution in [0.4, 0.5) is 14.6 Å². The highest BCUT2D eigenvalue weighted by Gasteiger charge is 2.16. The van der Waals surface area contributed by atoms with E-state index >= 15 is 0 Å². The number of ether oxygens (including phenoxy) is 1. The van der Waals surface area contributed by atoms with E-state index in [1.54, 1.807) is 24.4 Å². The summed E-state index contributed by atoms with van der Waals surface area (Å²) in [5.41, 5.74) is 5.06.